The lowest BCUT2D eigenvalue weighted by molar-refractivity contribution is 0.557. The molecule has 2 aromatic rings. The highest BCUT2D eigenvalue weighted by Gasteiger charge is 2.19. The standard InChI is InChI=1S/C17H19BrFN/c1-4-20-17(14-9-11(2)5-6-12(14)3)15-10-13(18)7-8-16(15)19/h5-10,17,20H,4H2,1-3H3. The summed E-state index contributed by atoms with van der Waals surface area (Å²) in [6.07, 6.45) is 0. The molecule has 0 aromatic heterocycles. The van der Waals surface area contributed by atoms with Gasteiger partial charge < -0.3 is 5.32 Å². The van der Waals surface area contributed by atoms with Crippen LogP contribution in [0.1, 0.15) is 35.2 Å². The van der Waals surface area contributed by atoms with Gasteiger partial charge in [0.05, 0.1) is 6.04 Å². The van der Waals surface area contributed by atoms with Crippen molar-refractivity contribution >= 4 is 15.9 Å². The summed E-state index contributed by atoms with van der Waals surface area (Å²) in [4.78, 5) is 0. The van der Waals surface area contributed by atoms with Crippen LogP contribution in [0.3, 0.4) is 0 Å². The fourth-order valence-electron chi connectivity index (χ4n) is 2.40. The molecule has 0 bridgehead atoms. The van der Waals surface area contributed by atoms with Gasteiger partial charge in [0.25, 0.3) is 0 Å². The van der Waals surface area contributed by atoms with E-state index < -0.39 is 0 Å². The molecule has 0 saturated heterocycles. The van der Waals surface area contributed by atoms with E-state index in [1.807, 2.05) is 13.0 Å². The van der Waals surface area contributed by atoms with E-state index in [4.69, 9.17) is 0 Å². The second-order valence-electron chi connectivity index (χ2n) is 5.02. The summed E-state index contributed by atoms with van der Waals surface area (Å²) in [5.74, 6) is -0.181. The molecule has 0 heterocycles. The molecular weight excluding hydrogens is 317 g/mol. The third kappa shape index (κ3) is 3.28. The second kappa shape index (κ2) is 6.51. The minimum Gasteiger partial charge on any atom is -0.306 e. The maximum Gasteiger partial charge on any atom is 0.128 e. The molecule has 0 radical (unpaired) electrons. The minimum absolute atomic E-state index is 0.127. The van der Waals surface area contributed by atoms with Crippen molar-refractivity contribution in [1.29, 1.82) is 0 Å². The maximum absolute atomic E-state index is 14.2. The van der Waals surface area contributed by atoms with Crippen molar-refractivity contribution < 1.29 is 4.39 Å². The van der Waals surface area contributed by atoms with Crippen LogP contribution in [0.15, 0.2) is 40.9 Å². The van der Waals surface area contributed by atoms with E-state index in [2.05, 4.69) is 53.3 Å². The smallest absolute Gasteiger partial charge is 0.128 e. The van der Waals surface area contributed by atoms with E-state index in [9.17, 15) is 4.39 Å². The minimum atomic E-state index is -0.181. The van der Waals surface area contributed by atoms with Crippen LogP contribution in [-0.2, 0) is 0 Å². The lowest BCUT2D eigenvalue weighted by Gasteiger charge is -2.22. The zero-order valence-corrected chi connectivity index (χ0v) is 13.6. The van der Waals surface area contributed by atoms with Crippen molar-refractivity contribution in [3.8, 4) is 0 Å². The number of halogens is 2. The predicted molar refractivity (Wildman–Crippen MR) is 85.5 cm³/mol. The molecule has 2 aromatic carbocycles. The molecule has 1 nitrogen and oxygen atoms in total. The third-order valence-corrected chi connectivity index (χ3v) is 3.92. The summed E-state index contributed by atoms with van der Waals surface area (Å²) in [6.45, 7) is 6.94. The fourth-order valence-corrected chi connectivity index (χ4v) is 2.78. The first-order valence-electron chi connectivity index (χ1n) is 6.78. The van der Waals surface area contributed by atoms with Crippen LogP contribution in [0.2, 0.25) is 0 Å². The Balaban J connectivity index is 2.55. The predicted octanol–water partition coefficient (Wildman–Crippen LogP) is 4.90. The van der Waals surface area contributed by atoms with Crippen LogP contribution in [0, 0.1) is 19.7 Å². The van der Waals surface area contributed by atoms with E-state index in [0.717, 1.165) is 16.6 Å². The number of benzene rings is 2. The molecule has 0 fully saturated rings. The largest absolute Gasteiger partial charge is 0.306 e. The Hall–Kier alpha value is -1.19. The van der Waals surface area contributed by atoms with E-state index in [-0.39, 0.29) is 11.9 Å². The summed E-state index contributed by atoms with van der Waals surface area (Å²) >= 11 is 3.43. The molecule has 0 saturated carbocycles. The summed E-state index contributed by atoms with van der Waals surface area (Å²) in [5.41, 5.74) is 4.16. The first kappa shape index (κ1) is 15.2. The number of hydrogen-bond acceptors (Lipinski definition) is 1. The van der Waals surface area contributed by atoms with Crippen molar-refractivity contribution in [2.75, 3.05) is 6.54 Å². The van der Waals surface area contributed by atoms with Crippen molar-refractivity contribution in [1.82, 2.24) is 5.32 Å². The number of nitrogens with one attached hydrogen (secondary N) is 1. The van der Waals surface area contributed by atoms with Crippen molar-refractivity contribution in [2.24, 2.45) is 0 Å². The first-order valence-corrected chi connectivity index (χ1v) is 7.57. The molecule has 1 N–H and O–H groups in total. The molecule has 2 rings (SSSR count). The summed E-state index contributed by atoms with van der Waals surface area (Å²) in [6, 6.07) is 11.3. The van der Waals surface area contributed by atoms with Gasteiger partial charge in [0.2, 0.25) is 0 Å². The normalized spacial score (nSPS) is 12.4. The zero-order valence-electron chi connectivity index (χ0n) is 12.0. The van der Waals surface area contributed by atoms with Crippen molar-refractivity contribution in [3.63, 3.8) is 0 Å². The monoisotopic (exact) mass is 335 g/mol. The maximum atomic E-state index is 14.2. The van der Waals surface area contributed by atoms with Crippen LogP contribution in [0.4, 0.5) is 4.39 Å². The van der Waals surface area contributed by atoms with Crippen LogP contribution in [-0.4, -0.2) is 6.54 Å². The van der Waals surface area contributed by atoms with Crippen LogP contribution >= 0.6 is 15.9 Å². The highest BCUT2D eigenvalue weighted by atomic mass is 79.9. The van der Waals surface area contributed by atoms with Gasteiger partial charge in [-0.25, -0.2) is 4.39 Å². The van der Waals surface area contributed by atoms with Gasteiger partial charge in [-0.15, -0.1) is 0 Å². The average Bonchev–Trinajstić information content (AvgIpc) is 2.42. The molecule has 3 heteroatoms. The Morgan fingerprint density at radius 3 is 2.55 bits per heavy atom. The van der Waals surface area contributed by atoms with Crippen LogP contribution in [0.5, 0.6) is 0 Å². The Bertz CT molecular complexity index is 558. The lowest BCUT2D eigenvalue weighted by atomic mass is 9.93. The Labute approximate surface area is 128 Å². The van der Waals surface area contributed by atoms with Gasteiger partial charge >= 0.3 is 0 Å². The highest BCUT2D eigenvalue weighted by Crippen LogP contribution is 2.29. The Morgan fingerprint density at radius 1 is 1.10 bits per heavy atom. The van der Waals surface area contributed by atoms with Gasteiger partial charge in [-0.1, -0.05) is 46.6 Å². The van der Waals surface area contributed by atoms with E-state index in [1.165, 1.54) is 17.2 Å². The fraction of sp³-hybridized carbons (Fsp3) is 0.294. The van der Waals surface area contributed by atoms with E-state index in [0.29, 0.717) is 5.56 Å². The molecule has 0 aliphatic heterocycles. The molecule has 0 aliphatic rings. The van der Waals surface area contributed by atoms with Crippen molar-refractivity contribution in [3.05, 3.63) is 68.9 Å². The number of aryl methyl sites for hydroxylation is 2. The molecule has 20 heavy (non-hydrogen) atoms. The highest BCUT2D eigenvalue weighted by molar-refractivity contribution is 9.10. The first-order chi connectivity index (χ1) is 9.52. The number of rotatable bonds is 4. The lowest BCUT2D eigenvalue weighted by Crippen LogP contribution is -2.24. The van der Waals surface area contributed by atoms with Crippen LogP contribution < -0.4 is 5.32 Å². The number of hydrogen-bond donors (Lipinski definition) is 1. The second-order valence-corrected chi connectivity index (χ2v) is 5.93. The summed E-state index contributed by atoms with van der Waals surface area (Å²) in [5, 5.41) is 3.39. The third-order valence-electron chi connectivity index (χ3n) is 3.42. The molecule has 0 amide bonds. The van der Waals surface area contributed by atoms with Gasteiger partial charge in [-0.05, 0) is 49.7 Å². The SMILES string of the molecule is CCNC(c1cc(C)ccc1C)c1cc(Br)ccc1F. The molecule has 0 aliphatic carbocycles. The van der Waals surface area contributed by atoms with Gasteiger partial charge in [-0.2, -0.15) is 0 Å². The van der Waals surface area contributed by atoms with Gasteiger partial charge in [0, 0.05) is 10.0 Å². The molecule has 106 valence electrons. The summed E-state index contributed by atoms with van der Waals surface area (Å²) < 4.78 is 15.1. The van der Waals surface area contributed by atoms with Crippen LogP contribution in [0.25, 0.3) is 0 Å². The summed E-state index contributed by atoms with van der Waals surface area (Å²) in [7, 11) is 0. The molecule has 1 atom stereocenters. The van der Waals surface area contributed by atoms with Gasteiger partial charge in [0.1, 0.15) is 5.82 Å². The van der Waals surface area contributed by atoms with Gasteiger partial charge in [0.15, 0.2) is 0 Å². The molecule has 0 spiro atoms. The molecule has 1 unspecified atom stereocenters. The van der Waals surface area contributed by atoms with Crippen molar-refractivity contribution in [2.45, 2.75) is 26.8 Å². The Kier molecular flexibility index (Phi) is 4.95. The quantitative estimate of drug-likeness (QED) is 0.837. The van der Waals surface area contributed by atoms with E-state index in [1.54, 1.807) is 6.07 Å². The van der Waals surface area contributed by atoms with Gasteiger partial charge in [-0.3, -0.25) is 0 Å². The average molecular weight is 336 g/mol. The topological polar surface area (TPSA) is 12.0 Å². The molecular formula is C17H19BrFN. The zero-order chi connectivity index (χ0) is 14.7. The Morgan fingerprint density at radius 2 is 1.85 bits per heavy atom. The van der Waals surface area contributed by atoms with E-state index >= 15 is 0 Å².